The second-order valence-corrected chi connectivity index (χ2v) is 5.72. The van der Waals surface area contributed by atoms with Crippen molar-refractivity contribution in [1.29, 1.82) is 0 Å². The van der Waals surface area contributed by atoms with Crippen molar-refractivity contribution in [2.24, 2.45) is 11.8 Å². The summed E-state index contributed by atoms with van der Waals surface area (Å²) in [6, 6.07) is 7.51. The first-order chi connectivity index (χ1) is 10.4. The maximum Gasteiger partial charge on any atom is 0.304 e. The van der Waals surface area contributed by atoms with Gasteiger partial charge in [0.05, 0.1) is 19.4 Å². The third-order valence-corrected chi connectivity index (χ3v) is 4.09. The molecule has 1 amide bonds. The van der Waals surface area contributed by atoms with Gasteiger partial charge in [0.2, 0.25) is 5.91 Å². The standard InChI is InChI=1S/C17H21NO4/c1-11(2)15-10-18(17(21)14(15)8-16(19)20)9-12-4-6-13(22-3)7-5-12/h4-7,14-15H,1,8-10H2,2-3H3,(H,19,20)/t14-,15-/m0/s1. The van der Waals surface area contributed by atoms with Crippen molar-refractivity contribution in [1.82, 2.24) is 4.90 Å². The molecule has 1 aromatic rings. The monoisotopic (exact) mass is 303 g/mol. The Kier molecular flexibility index (Phi) is 4.85. The Labute approximate surface area is 130 Å². The van der Waals surface area contributed by atoms with Crippen LogP contribution in [0.25, 0.3) is 0 Å². The summed E-state index contributed by atoms with van der Waals surface area (Å²) in [7, 11) is 1.60. The fourth-order valence-electron chi connectivity index (χ4n) is 2.87. The van der Waals surface area contributed by atoms with Crippen LogP contribution in [0.1, 0.15) is 18.9 Å². The molecule has 1 fully saturated rings. The van der Waals surface area contributed by atoms with E-state index in [0.29, 0.717) is 13.1 Å². The summed E-state index contributed by atoms with van der Waals surface area (Å²) in [6.07, 6.45) is -0.143. The van der Waals surface area contributed by atoms with Gasteiger partial charge in [-0.05, 0) is 24.6 Å². The van der Waals surface area contributed by atoms with Gasteiger partial charge in [0.25, 0.3) is 0 Å². The number of likely N-dealkylation sites (tertiary alicyclic amines) is 1. The number of benzene rings is 1. The lowest BCUT2D eigenvalue weighted by atomic mass is 9.88. The SMILES string of the molecule is C=C(C)[C@@H]1CN(Cc2ccc(OC)cc2)C(=O)[C@H]1CC(=O)O. The molecular formula is C17H21NO4. The first-order valence-corrected chi connectivity index (χ1v) is 7.21. The number of aliphatic carboxylic acids is 1. The number of methoxy groups -OCH3 is 1. The molecule has 118 valence electrons. The van der Waals surface area contributed by atoms with Crippen molar-refractivity contribution in [3.63, 3.8) is 0 Å². The number of carbonyl (C=O) groups is 2. The van der Waals surface area contributed by atoms with Crippen LogP contribution in [0, 0.1) is 11.8 Å². The Morgan fingerprint density at radius 2 is 2.05 bits per heavy atom. The average molecular weight is 303 g/mol. The first kappa shape index (κ1) is 16.1. The summed E-state index contributed by atoms with van der Waals surface area (Å²) in [5.74, 6) is -0.891. The van der Waals surface area contributed by atoms with Gasteiger partial charge < -0.3 is 14.7 Å². The zero-order valence-electron chi connectivity index (χ0n) is 12.9. The van der Waals surface area contributed by atoms with Crippen LogP contribution in [0.4, 0.5) is 0 Å². The van der Waals surface area contributed by atoms with Gasteiger partial charge in [-0.25, -0.2) is 0 Å². The van der Waals surface area contributed by atoms with Crippen LogP contribution in [0.2, 0.25) is 0 Å². The van der Waals surface area contributed by atoms with Gasteiger partial charge >= 0.3 is 5.97 Å². The number of carbonyl (C=O) groups excluding carboxylic acids is 1. The van der Waals surface area contributed by atoms with Crippen molar-refractivity contribution < 1.29 is 19.4 Å². The Hall–Kier alpha value is -2.30. The molecule has 0 aliphatic carbocycles. The molecule has 1 heterocycles. The van der Waals surface area contributed by atoms with E-state index in [1.807, 2.05) is 31.2 Å². The number of hydrogen-bond acceptors (Lipinski definition) is 3. The van der Waals surface area contributed by atoms with E-state index < -0.39 is 11.9 Å². The molecule has 2 atom stereocenters. The van der Waals surface area contributed by atoms with E-state index in [1.54, 1.807) is 12.0 Å². The minimum atomic E-state index is -0.948. The molecule has 0 unspecified atom stereocenters. The minimum absolute atomic E-state index is 0.0955. The third-order valence-electron chi connectivity index (χ3n) is 4.09. The third kappa shape index (κ3) is 3.47. The molecule has 1 aliphatic heterocycles. The summed E-state index contributed by atoms with van der Waals surface area (Å²) in [5, 5.41) is 9.01. The predicted octanol–water partition coefficient (Wildman–Crippen LogP) is 2.32. The van der Waals surface area contributed by atoms with Crippen molar-refractivity contribution in [3.8, 4) is 5.75 Å². The average Bonchev–Trinajstić information content (AvgIpc) is 2.77. The van der Waals surface area contributed by atoms with E-state index in [0.717, 1.165) is 16.9 Å². The summed E-state index contributed by atoms with van der Waals surface area (Å²) in [4.78, 5) is 25.2. The van der Waals surface area contributed by atoms with E-state index >= 15 is 0 Å². The zero-order chi connectivity index (χ0) is 16.3. The second kappa shape index (κ2) is 6.64. The second-order valence-electron chi connectivity index (χ2n) is 5.72. The molecule has 1 aromatic carbocycles. The van der Waals surface area contributed by atoms with E-state index in [-0.39, 0.29) is 18.2 Å². The number of nitrogens with zero attached hydrogens (tertiary/aromatic N) is 1. The van der Waals surface area contributed by atoms with Crippen molar-refractivity contribution >= 4 is 11.9 Å². The molecule has 5 heteroatoms. The summed E-state index contributed by atoms with van der Waals surface area (Å²) >= 11 is 0. The van der Waals surface area contributed by atoms with Crippen molar-refractivity contribution in [3.05, 3.63) is 42.0 Å². The van der Waals surface area contributed by atoms with E-state index in [1.165, 1.54) is 0 Å². The van der Waals surface area contributed by atoms with Gasteiger partial charge in [-0.3, -0.25) is 9.59 Å². The summed E-state index contributed by atoms with van der Waals surface area (Å²) in [6.45, 7) is 6.76. The number of amides is 1. The largest absolute Gasteiger partial charge is 0.497 e. The summed E-state index contributed by atoms with van der Waals surface area (Å²) < 4.78 is 5.11. The predicted molar refractivity (Wildman–Crippen MR) is 82.5 cm³/mol. The van der Waals surface area contributed by atoms with Gasteiger partial charge in [0, 0.05) is 19.0 Å². The van der Waals surface area contributed by atoms with Crippen molar-refractivity contribution in [2.75, 3.05) is 13.7 Å². The number of carboxylic acid groups (broad SMARTS) is 1. The maximum absolute atomic E-state index is 12.5. The Morgan fingerprint density at radius 3 is 2.55 bits per heavy atom. The van der Waals surface area contributed by atoms with Crippen LogP contribution in [-0.4, -0.2) is 35.5 Å². The molecule has 1 aliphatic rings. The maximum atomic E-state index is 12.5. The van der Waals surface area contributed by atoms with Gasteiger partial charge in [0.1, 0.15) is 5.75 Å². The highest BCUT2D eigenvalue weighted by molar-refractivity contribution is 5.86. The zero-order valence-corrected chi connectivity index (χ0v) is 12.9. The van der Waals surface area contributed by atoms with Crippen LogP contribution in [-0.2, 0) is 16.1 Å². The fraction of sp³-hybridized carbons (Fsp3) is 0.412. The molecule has 1 saturated heterocycles. The molecule has 1 N–H and O–H groups in total. The molecular weight excluding hydrogens is 282 g/mol. The number of ether oxygens (including phenoxy) is 1. The Bertz CT molecular complexity index is 579. The molecule has 22 heavy (non-hydrogen) atoms. The number of rotatable bonds is 6. The lowest BCUT2D eigenvalue weighted by Crippen LogP contribution is -2.27. The smallest absolute Gasteiger partial charge is 0.304 e. The molecule has 2 rings (SSSR count). The van der Waals surface area contributed by atoms with Gasteiger partial charge in [-0.1, -0.05) is 24.3 Å². The minimum Gasteiger partial charge on any atom is -0.497 e. The normalized spacial score (nSPS) is 21.0. The number of hydrogen-bond donors (Lipinski definition) is 1. The van der Waals surface area contributed by atoms with Crippen LogP contribution in [0.5, 0.6) is 5.75 Å². The quantitative estimate of drug-likeness (QED) is 0.819. The highest BCUT2D eigenvalue weighted by Gasteiger charge is 2.41. The van der Waals surface area contributed by atoms with Gasteiger partial charge in [0.15, 0.2) is 0 Å². The van der Waals surface area contributed by atoms with Gasteiger partial charge in [-0.2, -0.15) is 0 Å². The van der Waals surface area contributed by atoms with Crippen LogP contribution in [0.15, 0.2) is 36.4 Å². The number of carboxylic acids is 1. The Balaban J connectivity index is 2.12. The van der Waals surface area contributed by atoms with E-state index in [4.69, 9.17) is 9.84 Å². The molecule has 0 saturated carbocycles. The highest BCUT2D eigenvalue weighted by Crippen LogP contribution is 2.33. The molecule has 5 nitrogen and oxygen atoms in total. The van der Waals surface area contributed by atoms with Crippen LogP contribution < -0.4 is 4.74 Å². The van der Waals surface area contributed by atoms with Gasteiger partial charge in [-0.15, -0.1) is 0 Å². The van der Waals surface area contributed by atoms with Crippen LogP contribution >= 0.6 is 0 Å². The highest BCUT2D eigenvalue weighted by atomic mass is 16.5. The topological polar surface area (TPSA) is 66.8 Å². The molecule has 0 spiro atoms. The lowest BCUT2D eigenvalue weighted by Gasteiger charge is -2.17. The Morgan fingerprint density at radius 1 is 1.41 bits per heavy atom. The fourth-order valence-corrected chi connectivity index (χ4v) is 2.87. The van der Waals surface area contributed by atoms with E-state index in [2.05, 4.69) is 6.58 Å². The van der Waals surface area contributed by atoms with Crippen LogP contribution in [0.3, 0.4) is 0 Å². The molecule has 0 radical (unpaired) electrons. The summed E-state index contributed by atoms with van der Waals surface area (Å²) in [5.41, 5.74) is 1.85. The lowest BCUT2D eigenvalue weighted by molar-refractivity contribution is -0.142. The molecule has 0 bridgehead atoms. The van der Waals surface area contributed by atoms with Crippen molar-refractivity contribution in [2.45, 2.75) is 19.9 Å². The molecule has 0 aromatic heterocycles. The van der Waals surface area contributed by atoms with E-state index in [9.17, 15) is 9.59 Å². The first-order valence-electron chi connectivity index (χ1n) is 7.21.